The minimum absolute atomic E-state index is 0.436. The highest BCUT2D eigenvalue weighted by Gasteiger charge is 2.15. The van der Waals surface area contributed by atoms with Gasteiger partial charge in [0.2, 0.25) is 0 Å². The van der Waals surface area contributed by atoms with E-state index in [2.05, 4.69) is 10.1 Å². The van der Waals surface area contributed by atoms with Crippen LogP contribution in [-0.4, -0.2) is 14.8 Å². The summed E-state index contributed by atoms with van der Waals surface area (Å²) in [6.45, 7) is 2.02. The van der Waals surface area contributed by atoms with E-state index in [1.165, 1.54) is 0 Å². The predicted octanol–water partition coefficient (Wildman–Crippen LogP) is 3.93. The maximum Gasteiger partial charge on any atom is 0.261 e. The molecular formula is C14H12N4OS2. The zero-order chi connectivity index (χ0) is 14.6. The van der Waals surface area contributed by atoms with Crippen molar-refractivity contribution in [3.63, 3.8) is 0 Å². The third-order valence-corrected chi connectivity index (χ3v) is 5.04. The largest absolute Gasteiger partial charge is 0.435 e. The van der Waals surface area contributed by atoms with Gasteiger partial charge in [-0.3, -0.25) is 4.68 Å². The van der Waals surface area contributed by atoms with E-state index >= 15 is 0 Å². The van der Waals surface area contributed by atoms with Gasteiger partial charge in [0.1, 0.15) is 11.4 Å². The molecule has 0 aliphatic carbocycles. The molecule has 5 nitrogen and oxygen atoms in total. The van der Waals surface area contributed by atoms with Crippen LogP contribution in [0, 0.1) is 6.92 Å². The van der Waals surface area contributed by atoms with E-state index in [1.807, 2.05) is 31.5 Å². The first-order valence-corrected chi connectivity index (χ1v) is 8.06. The average molecular weight is 316 g/mol. The third-order valence-electron chi connectivity index (χ3n) is 3.20. The Hall–Kier alpha value is -2.12. The van der Waals surface area contributed by atoms with Gasteiger partial charge >= 0.3 is 0 Å². The number of benzene rings is 1. The molecule has 3 heterocycles. The molecule has 1 aromatic carbocycles. The molecule has 0 saturated heterocycles. The molecule has 106 valence electrons. The maximum atomic E-state index is 5.95. The first kappa shape index (κ1) is 12.6. The monoisotopic (exact) mass is 316 g/mol. The van der Waals surface area contributed by atoms with E-state index < -0.39 is 0 Å². The lowest BCUT2D eigenvalue weighted by Gasteiger charge is -2.05. The number of nitrogen functional groups attached to an aromatic ring is 1. The highest BCUT2D eigenvalue weighted by atomic mass is 32.1. The molecule has 3 aromatic heterocycles. The third kappa shape index (κ3) is 1.97. The SMILES string of the molecule is Cc1nc2c(cc(Oc3nn(C)cc3N)c3ccsc32)s1. The van der Waals surface area contributed by atoms with Gasteiger partial charge in [-0.25, -0.2) is 4.98 Å². The zero-order valence-corrected chi connectivity index (χ0v) is 13.1. The van der Waals surface area contributed by atoms with Crippen LogP contribution < -0.4 is 10.5 Å². The fourth-order valence-corrected chi connectivity index (χ4v) is 4.17. The van der Waals surface area contributed by atoms with E-state index in [9.17, 15) is 0 Å². The number of hydrogen-bond donors (Lipinski definition) is 1. The number of thiazole rings is 1. The van der Waals surface area contributed by atoms with Crippen molar-refractivity contribution < 1.29 is 4.74 Å². The van der Waals surface area contributed by atoms with Gasteiger partial charge in [0, 0.05) is 18.5 Å². The summed E-state index contributed by atoms with van der Waals surface area (Å²) in [5.41, 5.74) is 7.48. The van der Waals surface area contributed by atoms with Crippen LogP contribution in [0.2, 0.25) is 0 Å². The topological polar surface area (TPSA) is 66.0 Å². The molecule has 4 aromatic rings. The first-order chi connectivity index (χ1) is 10.1. The molecule has 0 aliphatic heterocycles. The lowest BCUT2D eigenvalue weighted by Crippen LogP contribution is -1.91. The van der Waals surface area contributed by atoms with Gasteiger partial charge < -0.3 is 10.5 Å². The number of ether oxygens (including phenoxy) is 1. The Bertz CT molecular complexity index is 966. The van der Waals surface area contributed by atoms with Crippen molar-refractivity contribution in [2.45, 2.75) is 6.92 Å². The predicted molar refractivity (Wildman–Crippen MR) is 87.4 cm³/mol. The first-order valence-electron chi connectivity index (χ1n) is 6.36. The van der Waals surface area contributed by atoms with Crippen molar-refractivity contribution in [2.24, 2.45) is 7.05 Å². The molecule has 0 atom stereocenters. The van der Waals surface area contributed by atoms with Crippen molar-refractivity contribution in [2.75, 3.05) is 5.73 Å². The number of aryl methyl sites for hydroxylation is 2. The number of rotatable bonds is 2. The molecule has 0 aliphatic rings. The molecule has 0 radical (unpaired) electrons. The van der Waals surface area contributed by atoms with Crippen molar-refractivity contribution in [3.8, 4) is 11.6 Å². The molecule has 0 bridgehead atoms. The Balaban J connectivity index is 1.93. The summed E-state index contributed by atoms with van der Waals surface area (Å²) in [7, 11) is 1.82. The van der Waals surface area contributed by atoms with Crippen LogP contribution in [0.3, 0.4) is 0 Å². The molecule has 0 fully saturated rings. The van der Waals surface area contributed by atoms with Crippen molar-refractivity contribution in [1.82, 2.24) is 14.8 Å². The molecule has 21 heavy (non-hydrogen) atoms. The zero-order valence-electron chi connectivity index (χ0n) is 11.5. The molecule has 0 spiro atoms. The maximum absolute atomic E-state index is 5.95. The van der Waals surface area contributed by atoms with Crippen LogP contribution in [0.15, 0.2) is 23.7 Å². The average Bonchev–Trinajstić information content (AvgIpc) is 3.08. The van der Waals surface area contributed by atoms with E-state index in [0.717, 1.165) is 31.1 Å². The number of hydrogen-bond acceptors (Lipinski definition) is 6. The van der Waals surface area contributed by atoms with Gasteiger partial charge in [-0.15, -0.1) is 27.8 Å². The highest BCUT2D eigenvalue weighted by molar-refractivity contribution is 7.21. The fourth-order valence-electron chi connectivity index (χ4n) is 2.34. The molecule has 0 amide bonds. The van der Waals surface area contributed by atoms with Crippen LogP contribution in [0.5, 0.6) is 11.6 Å². The second-order valence-electron chi connectivity index (χ2n) is 4.78. The molecule has 0 saturated carbocycles. The summed E-state index contributed by atoms with van der Waals surface area (Å²) in [6, 6.07) is 4.06. The Morgan fingerprint density at radius 2 is 2.24 bits per heavy atom. The second-order valence-corrected chi connectivity index (χ2v) is 6.93. The number of nitrogens with zero attached hydrogens (tertiary/aromatic N) is 3. The lowest BCUT2D eigenvalue weighted by molar-refractivity contribution is 0.461. The van der Waals surface area contributed by atoms with Gasteiger partial charge in [0.25, 0.3) is 5.88 Å². The molecule has 4 rings (SSSR count). The van der Waals surface area contributed by atoms with Gasteiger partial charge in [0.05, 0.1) is 26.1 Å². The summed E-state index contributed by atoms with van der Waals surface area (Å²) in [5, 5.41) is 8.39. The molecule has 0 unspecified atom stereocenters. The molecular weight excluding hydrogens is 304 g/mol. The van der Waals surface area contributed by atoms with Gasteiger partial charge in [-0.2, -0.15) is 0 Å². The van der Waals surface area contributed by atoms with E-state index in [0.29, 0.717) is 11.6 Å². The number of nitrogens with two attached hydrogens (primary N) is 1. The number of fused-ring (bicyclic) bond motifs is 3. The molecule has 2 N–H and O–H groups in total. The fraction of sp³-hybridized carbons (Fsp3) is 0.143. The summed E-state index contributed by atoms with van der Waals surface area (Å²) in [6.07, 6.45) is 1.73. The Morgan fingerprint density at radius 1 is 1.38 bits per heavy atom. The van der Waals surface area contributed by atoms with Crippen LogP contribution >= 0.6 is 22.7 Å². The highest BCUT2D eigenvalue weighted by Crippen LogP contribution is 2.40. The molecule has 7 heteroatoms. The quantitative estimate of drug-likeness (QED) is 0.608. The van der Waals surface area contributed by atoms with E-state index in [-0.39, 0.29) is 0 Å². The van der Waals surface area contributed by atoms with Gasteiger partial charge in [0.15, 0.2) is 0 Å². The van der Waals surface area contributed by atoms with Crippen LogP contribution in [0.25, 0.3) is 20.3 Å². The summed E-state index contributed by atoms with van der Waals surface area (Å²) in [4.78, 5) is 4.61. The normalized spacial score (nSPS) is 11.5. The van der Waals surface area contributed by atoms with Crippen LogP contribution in [0.1, 0.15) is 5.01 Å². The van der Waals surface area contributed by atoms with Crippen LogP contribution in [-0.2, 0) is 7.05 Å². The minimum Gasteiger partial charge on any atom is -0.435 e. The summed E-state index contributed by atoms with van der Waals surface area (Å²) >= 11 is 3.33. The number of thiophene rings is 1. The van der Waals surface area contributed by atoms with E-state index in [1.54, 1.807) is 33.6 Å². The standard InChI is InChI=1S/C14H12N4OS2/c1-7-16-12-11(21-7)5-10(8-3-4-20-13(8)12)19-14-9(15)6-18(2)17-14/h3-6H,15H2,1-2H3. The van der Waals surface area contributed by atoms with Crippen molar-refractivity contribution in [1.29, 1.82) is 0 Å². The number of anilines is 1. The summed E-state index contributed by atoms with van der Waals surface area (Å²) < 4.78 is 9.85. The lowest BCUT2D eigenvalue weighted by atomic mass is 10.2. The Kier molecular flexibility index (Phi) is 2.66. The minimum atomic E-state index is 0.436. The van der Waals surface area contributed by atoms with Gasteiger partial charge in [-0.05, 0) is 18.4 Å². The van der Waals surface area contributed by atoms with Crippen LogP contribution in [0.4, 0.5) is 5.69 Å². The van der Waals surface area contributed by atoms with Gasteiger partial charge in [-0.1, -0.05) is 0 Å². The smallest absolute Gasteiger partial charge is 0.261 e. The van der Waals surface area contributed by atoms with Crippen molar-refractivity contribution in [3.05, 3.63) is 28.7 Å². The summed E-state index contributed by atoms with van der Waals surface area (Å²) in [5.74, 6) is 1.21. The van der Waals surface area contributed by atoms with E-state index in [4.69, 9.17) is 10.5 Å². The number of aromatic nitrogens is 3. The Labute approximate surface area is 128 Å². The van der Waals surface area contributed by atoms with Crippen molar-refractivity contribution >= 4 is 48.7 Å². The Morgan fingerprint density at radius 3 is 3.00 bits per heavy atom. The second kappa shape index (κ2) is 4.44.